The van der Waals surface area contributed by atoms with Gasteiger partial charge in [0, 0.05) is 10.9 Å². The van der Waals surface area contributed by atoms with Crippen molar-refractivity contribution < 1.29 is 4.74 Å². The van der Waals surface area contributed by atoms with Crippen molar-refractivity contribution in [1.29, 1.82) is 5.26 Å². The van der Waals surface area contributed by atoms with Gasteiger partial charge in [0.1, 0.15) is 16.8 Å². The van der Waals surface area contributed by atoms with Crippen LogP contribution in [0.1, 0.15) is 24.4 Å². The molecule has 0 bridgehead atoms. The SMILES string of the molecule is CC(C)Oc1ccc(/C=C(\C#N)c2nc(-c3ccccc3)cs2)cc1. The molecule has 1 heterocycles. The zero-order chi connectivity index (χ0) is 17.6. The topological polar surface area (TPSA) is 45.9 Å². The van der Waals surface area contributed by atoms with Crippen LogP contribution in [0.4, 0.5) is 0 Å². The number of aromatic nitrogens is 1. The fourth-order valence-corrected chi connectivity index (χ4v) is 3.16. The van der Waals surface area contributed by atoms with Gasteiger partial charge in [-0.25, -0.2) is 4.98 Å². The van der Waals surface area contributed by atoms with E-state index in [-0.39, 0.29) is 6.10 Å². The lowest BCUT2D eigenvalue weighted by Gasteiger charge is -2.09. The zero-order valence-corrected chi connectivity index (χ0v) is 15.0. The molecule has 0 saturated carbocycles. The Bertz CT molecular complexity index is 903. The first-order valence-corrected chi connectivity index (χ1v) is 8.93. The molecule has 0 aliphatic heterocycles. The molecule has 3 aromatic rings. The number of nitrogens with zero attached hydrogens (tertiary/aromatic N) is 2. The first kappa shape index (κ1) is 16.9. The maximum absolute atomic E-state index is 9.52. The number of allylic oxidation sites excluding steroid dienone is 1. The Morgan fingerprint density at radius 1 is 1.12 bits per heavy atom. The van der Waals surface area contributed by atoms with Crippen LogP contribution in [-0.2, 0) is 0 Å². The summed E-state index contributed by atoms with van der Waals surface area (Å²) in [6.45, 7) is 3.99. The van der Waals surface area contributed by atoms with Gasteiger partial charge in [-0.15, -0.1) is 11.3 Å². The number of rotatable bonds is 5. The second-order valence-electron chi connectivity index (χ2n) is 5.81. The van der Waals surface area contributed by atoms with E-state index in [0.717, 1.165) is 27.6 Å². The third-order valence-electron chi connectivity index (χ3n) is 3.49. The van der Waals surface area contributed by atoms with Crippen LogP contribution in [0.5, 0.6) is 5.75 Å². The predicted octanol–water partition coefficient (Wildman–Crippen LogP) is 5.66. The summed E-state index contributed by atoms with van der Waals surface area (Å²) >= 11 is 1.48. The van der Waals surface area contributed by atoms with Gasteiger partial charge in [-0.2, -0.15) is 5.26 Å². The van der Waals surface area contributed by atoms with Gasteiger partial charge in [-0.05, 0) is 37.6 Å². The number of ether oxygens (including phenoxy) is 1. The lowest BCUT2D eigenvalue weighted by Crippen LogP contribution is -2.05. The van der Waals surface area contributed by atoms with Gasteiger partial charge in [0.25, 0.3) is 0 Å². The molecule has 3 nitrogen and oxygen atoms in total. The van der Waals surface area contributed by atoms with E-state index < -0.39 is 0 Å². The van der Waals surface area contributed by atoms with Crippen LogP contribution in [-0.4, -0.2) is 11.1 Å². The Hall–Kier alpha value is -2.90. The Labute approximate surface area is 151 Å². The quantitative estimate of drug-likeness (QED) is 0.560. The number of hydrogen-bond acceptors (Lipinski definition) is 4. The first-order chi connectivity index (χ1) is 12.2. The summed E-state index contributed by atoms with van der Waals surface area (Å²) < 4.78 is 5.64. The van der Waals surface area contributed by atoms with Crippen LogP contribution in [0.15, 0.2) is 60.0 Å². The van der Waals surface area contributed by atoms with Gasteiger partial charge in [-0.3, -0.25) is 0 Å². The highest BCUT2D eigenvalue weighted by atomic mass is 32.1. The maximum Gasteiger partial charge on any atom is 0.134 e. The summed E-state index contributed by atoms with van der Waals surface area (Å²) in [7, 11) is 0. The van der Waals surface area contributed by atoms with Crippen molar-refractivity contribution in [2.75, 3.05) is 0 Å². The van der Waals surface area contributed by atoms with E-state index in [1.54, 1.807) is 0 Å². The van der Waals surface area contributed by atoms with Gasteiger partial charge in [-0.1, -0.05) is 42.5 Å². The summed E-state index contributed by atoms with van der Waals surface area (Å²) in [6, 6.07) is 19.9. The van der Waals surface area contributed by atoms with E-state index in [9.17, 15) is 5.26 Å². The number of benzene rings is 2. The highest BCUT2D eigenvalue weighted by molar-refractivity contribution is 7.11. The third kappa shape index (κ3) is 4.34. The van der Waals surface area contributed by atoms with Crippen molar-refractivity contribution in [1.82, 2.24) is 4.98 Å². The average Bonchev–Trinajstić information content (AvgIpc) is 3.11. The van der Waals surface area contributed by atoms with Gasteiger partial charge in [0.05, 0.1) is 17.4 Å². The molecule has 0 unspecified atom stereocenters. The fourth-order valence-electron chi connectivity index (χ4n) is 2.36. The molecule has 0 aliphatic carbocycles. The molecule has 0 aliphatic rings. The lowest BCUT2D eigenvalue weighted by atomic mass is 10.1. The van der Waals surface area contributed by atoms with Crippen LogP contribution in [0.25, 0.3) is 22.9 Å². The molecule has 0 spiro atoms. The number of nitriles is 1. The molecule has 25 heavy (non-hydrogen) atoms. The standard InChI is InChI=1S/C21H18N2OS/c1-15(2)24-19-10-8-16(9-11-19)12-18(13-22)21-23-20(14-25-21)17-6-4-3-5-7-17/h3-12,14-15H,1-2H3/b18-12+. The summed E-state index contributed by atoms with van der Waals surface area (Å²) in [5.74, 6) is 0.825. The van der Waals surface area contributed by atoms with Crippen molar-refractivity contribution in [3.8, 4) is 23.1 Å². The van der Waals surface area contributed by atoms with E-state index in [1.165, 1.54) is 11.3 Å². The lowest BCUT2D eigenvalue weighted by molar-refractivity contribution is 0.242. The van der Waals surface area contributed by atoms with Crippen molar-refractivity contribution in [3.05, 3.63) is 70.5 Å². The van der Waals surface area contributed by atoms with E-state index in [4.69, 9.17) is 4.74 Å². The molecule has 3 rings (SSSR count). The van der Waals surface area contributed by atoms with Crippen LogP contribution < -0.4 is 4.74 Å². The summed E-state index contributed by atoms with van der Waals surface area (Å²) in [6.07, 6.45) is 2.00. The molecule has 2 aromatic carbocycles. The normalized spacial score (nSPS) is 11.4. The van der Waals surface area contributed by atoms with Crippen LogP contribution in [0.3, 0.4) is 0 Å². The molecule has 0 radical (unpaired) electrons. The molecule has 0 atom stereocenters. The van der Waals surface area contributed by atoms with Gasteiger partial charge >= 0.3 is 0 Å². The highest BCUT2D eigenvalue weighted by Crippen LogP contribution is 2.27. The molecule has 4 heteroatoms. The largest absolute Gasteiger partial charge is 0.491 e. The highest BCUT2D eigenvalue weighted by Gasteiger charge is 2.09. The van der Waals surface area contributed by atoms with E-state index in [0.29, 0.717) is 5.57 Å². The third-order valence-corrected chi connectivity index (χ3v) is 4.36. The summed E-state index contributed by atoms with van der Waals surface area (Å²) in [4.78, 5) is 4.61. The summed E-state index contributed by atoms with van der Waals surface area (Å²) in [5, 5.41) is 12.2. The first-order valence-electron chi connectivity index (χ1n) is 8.05. The molecular formula is C21H18N2OS. The minimum Gasteiger partial charge on any atom is -0.491 e. The molecule has 0 amide bonds. The monoisotopic (exact) mass is 346 g/mol. The van der Waals surface area contributed by atoms with Gasteiger partial charge in [0.2, 0.25) is 0 Å². The van der Waals surface area contributed by atoms with Crippen LogP contribution in [0.2, 0.25) is 0 Å². The molecule has 0 saturated heterocycles. The molecule has 0 N–H and O–H groups in total. The Kier molecular flexibility index (Phi) is 5.27. The maximum atomic E-state index is 9.52. The van der Waals surface area contributed by atoms with Crippen LogP contribution in [0, 0.1) is 11.3 Å². The smallest absolute Gasteiger partial charge is 0.134 e. The fraction of sp³-hybridized carbons (Fsp3) is 0.143. The van der Waals surface area contributed by atoms with Gasteiger partial charge < -0.3 is 4.74 Å². The number of hydrogen-bond donors (Lipinski definition) is 0. The van der Waals surface area contributed by atoms with E-state index in [1.807, 2.05) is 79.9 Å². The van der Waals surface area contributed by atoms with Crippen molar-refractivity contribution in [2.45, 2.75) is 20.0 Å². The second kappa shape index (κ2) is 7.78. The Morgan fingerprint density at radius 3 is 2.48 bits per heavy atom. The van der Waals surface area contributed by atoms with Crippen LogP contribution >= 0.6 is 11.3 Å². The van der Waals surface area contributed by atoms with E-state index >= 15 is 0 Å². The zero-order valence-electron chi connectivity index (χ0n) is 14.1. The molecule has 124 valence electrons. The predicted molar refractivity (Wildman–Crippen MR) is 103 cm³/mol. The average molecular weight is 346 g/mol. The number of thiazole rings is 1. The van der Waals surface area contributed by atoms with Crippen molar-refractivity contribution >= 4 is 23.0 Å². The van der Waals surface area contributed by atoms with E-state index in [2.05, 4.69) is 11.1 Å². The summed E-state index contributed by atoms with van der Waals surface area (Å²) in [5.41, 5.74) is 3.45. The Balaban J connectivity index is 1.84. The molecule has 0 fully saturated rings. The minimum atomic E-state index is 0.141. The molecular weight excluding hydrogens is 328 g/mol. The van der Waals surface area contributed by atoms with Crippen molar-refractivity contribution in [2.24, 2.45) is 0 Å². The second-order valence-corrected chi connectivity index (χ2v) is 6.67. The van der Waals surface area contributed by atoms with Gasteiger partial charge in [0.15, 0.2) is 0 Å². The minimum absolute atomic E-state index is 0.141. The molecule has 1 aromatic heterocycles. The van der Waals surface area contributed by atoms with Crippen molar-refractivity contribution in [3.63, 3.8) is 0 Å². The Morgan fingerprint density at radius 2 is 1.84 bits per heavy atom.